The zero-order chi connectivity index (χ0) is 12.8. The molecule has 0 amide bonds. The second-order valence-electron chi connectivity index (χ2n) is 5.67. The van der Waals surface area contributed by atoms with Crippen molar-refractivity contribution in [3.8, 4) is 0 Å². The van der Waals surface area contributed by atoms with E-state index in [1.165, 1.54) is 31.2 Å². The first-order chi connectivity index (χ1) is 8.72. The minimum atomic E-state index is 0.129. The number of hydrogen-bond donors (Lipinski definition) is 1. The standard InChI is InChI=1S/C16H26N2/c1-2-18(14-15-8-4-3-5-9-15)13-12-16(17)10-6-7-11-16/h3-5,8-9H,2,6-7,10-14,17H2,1H3. The minimum absolute atomic E-state index is 0.129. The normalized spacial score (nSPS) is 18.4. The van der Waals surface area contributed by atoms with E-state index in [0.717, 1.165) is 26.1 Å². The molecule has 1 aromatic rings. The van der Waals surface area contributed by atoms with Crippen LogP contribution in [0.25, 0.3) is 0 Å². The molecule has 1 aliphatic rings. The van der Waals surface area contributed by atoms with Crippen LogP contribution >= 0.6 is 0 Å². The highest BCUT2D eigenvalue weighted by molar-refractivity contribution is 5.14. The van der Waals surface area contributed by atoms with Gasteiger partial charge in [-0.25, -0.2) is 0 Å². The van der Waals surface area contributed by atoms with Gasteiger partial charge in [0, 0.05) is 18.6 Å². The fraction of sp³-hybridized carbons (Fsp3) is 0.625. The molecule has 0 aromatic heterocycles. The average molecular weight is 246 g/mol. The Hall–Kier alpha value is -0.860. The van der Waals surface area contributed by atoms with Crippen LogP contribution < -0.4 is 5.73 Å². The lowest BCUT2D eigenvalue weighted by atomic mass is 9.94. The number of nitrogens with zero attached hydrogens (tertiary/aromatic N) is 1. The molecule has 2 heteroatoms. The van der Waals surface area contributed by atoms with Crippen LogP contribution in [0.2, 0.25) is 0 Å². The average Bonchev–Trinajstić information content (AvgIpc) is 2.83. The molecule has 0 heterocycles. The summed E-state index contributed by atoms with van der Waals surface area (Å²) in [4.78, 5) is 2.50. The van der Waals surface area contributed by atoms with Crippen molar-refractivity contribution >= 4 is 0 Å². The molecule has 2 rings (SSSR count). The van der Waals surface area contributed by atoms with Gasteiger partial charge in [0.15, 0.2) is 0 Å². The molecule has 18 heavy (non-hydrogen) atoms. The van der Waals surface area contributed by atoms with Crippen molar-refractivity contribution in [1.29, 1.82) is 0 Å². The predicted molar refractivity (Wildman–Crippen MR) is 77.4 cm³/mol. The summed E-state index contributed by atoms with van der Waals surface area (Å²) in [6, 6.07) is 10.7. The molecule has 1 fully saturated rings. The summed E-state index contributed by atoms with van der Waals surface area (Å²) in [5.74, 6) is 0. The Labute approximate surface area is 111 Å². The van der Waals surface area contributed by atoms with Crippen LogP contribution in [0.4, 0.5) is 0 Å². The SMILES string of the molecule is CCN(CCC1(N)CCCC1)Cc1ccccc1. The molecule has 0 unspecified atom stereocenters. The fourth-order valence-corrected chi connectivity index (χ4v) is 2.90. The molecule has 1 aromatic carbocycles. The van der Waals surface area contributed by atoms with E-state index in [0.29, 0.717) is 0 Å². The second kappa shape index (κ2) is 6.35. The van der Waals surface area contributed by atoms with Gasteiger partial charge in [0.2, 0.25) is 0 Å². The predicted octanol–water partition coefficient (Wildman–Crippen LogP) is 3.17. The molecule has 100 valence electrons. The van der Waals surface area contributed by atoms with Crippen LogP contribution in [-0.4, -0.2) is 23.5 Å². The summed E-state index contributed by atoms with van der Waals surface area (Å²) >= 11 is 0. The van der Waals surface area contributed by atoms with Gasteiger partial charge in [-0.15, -0.1) is 0 Å². The number of rotatable bonds is 6. The van der Waals surface area contributed by atoms with Crippen LogP contribution in [0.5, 0.6) is 0 Å². The summed E-state index contributed by atoms with van der Waals surface area (Å²) in [5, 5.41) is 0. The first kappa shape index (κ1) is 13.6. The lowest BCUT2D eigenvalue weighted by Gasteiger charge is -2.28. The molecule has 2 nitrogen and oxygen atoms in total. The molecule has 1 saturated carbocycles. The molecule has 0 radical (unpaired) electrons. The summed E-state index contributed by atoms with van der Waals surface area (Å²) in [6.07, 6.45) is 6.22. The van der Waals surface area contributed by atoms with Gasteiger partial charge in [0.25, 0.3) is 0 Å². The number of hydrogen-bond acceptors (Lipinski definition) is 2. The third-order valence-electron chi connectivity index (χ3n) is 4.22. The first-order valence-corrected chi connectivity index (χ1v) is 7.27. The van der Waals surface area contributed by atoms with Crippen molar-refractivity contribution < 1.29 is 0 Å². The molecule has 0 aliphatic heterocycles. The maximum absolute atomic E-state index is 6.43. The van der Waals surface area contributed by atoms with Crippen LogP contribution in [0.15, 0.2) is 30.3 Å². The van der Waals surface area contributed by atoms with Crippen molar-refractivity contribution in [3.05, 3.63) is 35.9 Å². The Morgan fingerprint density at radius 2 is 1.83 bits per heavy atom. The quantitative estimate of drug-likeness (QED) is 0.835. The van der Waals surface area contributed by atoms with Crippen LogP contribution in [0.3, 0.4) is 0 Å². The Kier molecular flexibility index (Phi) is 4.79. The van der Waals surface area contributed by atoms with Crippen molar-refractivity contribution in [2.45, 2.75) is 51.1 Å². The van der Waals surface area contributed by atoms with Crippen molar-refractivity contribution in [3.63, 3.8) is 0 Å². The smallest absolute Gasteiger partial charge is 0.0233 e. The Morgan fingerprint density at radius 3 is 2.44 bits per heavy atom. The Balaban J connectivity index is 1.82. The van der Waals surface area contributed by atoms with E-state index in [9.17, 15) is 0 Å². The zero-order valence-electron chi connectivity index (χ0n) is 11.6. The van der Waals surface area contributed by atoms with Gasteiger partial charge in [-0.3, -0.25) is 4.90 Å². The molecule has 0 saturated heterocycles. The summed E-state index contributed by atoms with van der Waals surface area (Å²) in [5.41, 5.74) is 7.96. The topological polar surface area (TPSA) is 29.3 Å². The monoisotopic (exact) mass is 246 g/mol. The van der Waals surface area contributed by atoms with E-state index < -0.39 is 0 Å². The van der Waals surface area contributed by atoms with Crippen molar-refractivity contribution in [1.82, 2.24) is 4.90 Å². The van der Waals surface area contributed by atoms with Gasteiger partial charge < -0.3 is 5.73 Å². The summed E-state index contributed by atoms with van der Waals surface area (Å²) < 4.78 is 0. The lowest BCUT2D eigenvalue weighted by Crippen LogP contribution is -2.40. The minimum Gasteiger partial charge on any atom is -0.325 e. The Bertz CT molecular complexity index is 341. The number of benzene rings is 1. The summed E-state index contributed by atoms with van der Waals surface area (Å²) in [7, 11) is 0. The van der Waals surface area contributed by atoms with Gasteiger partial charge in [0.05, 0.1) is 0 Å². The van der Waals surface area contributed by atoms with Gasteiger partial charge in [0.1, 0.15) is 0 Å². The van der Waals surface area contributed by atoms with Gasteiger partial charge in [-0.05, 0) is 31.4 Å². The number of nitrogens with two attached hydrogens (primary N) is 1. The molecular formula is C16H26N2. The fourth-order valence-electron chi connectivity index (χ4n) is 2.90. The third-order valence-corrected chi connectivity index (χ3v) is 4.22. The highest BCUT2D eigenvalue weighted by atomic mass is 15.1. The van der Waals surface area contributed by atoms with E-state index in [1.54, 1.807) is 0 Å². The molecule has 2 N–H and O–H groups in total. The molecule has 1 aliphatic carbocycles. The molecular weight excluding hydrogens is 220 g/mol. The molecule has 0 bridgehead atoms. The van der Waals surface area contributed by atoms with E-state index in [-0.39, 0.29) is 5.54 Å². The zero-order valence-corrected chi connectivity index (χ0v) is 11.6. The van der Waals surface area contributed by atoms with E-state index >= 15 is 0 Å². The van der Waals surface area contributed by atoms with E-state index in [4.69, 9.17) is 5.73 Å². The van der Waals surface area contributed by atoms with Gasteiger partial charge in [-0.1, -0.05) is 50.1 Å². The van der Waals surface area contributed by atoms with Crippen LogP contribution in [-0.2, 0) is 6.54 Å². The van der Waals surface area contributed by atoms with E-state index in [2.05, 4.69) is 42.2 Å². The van der Waals surface area contributed by atoms with Gasteiger partial charge in [-0.2, -0.15) is 0 Å². The molecule has 0 spiro atoms. The second-order valence-corrected chi connectivity index (χ2v) is 5.67. The lowest BCUT2D eigenvalue weighted by molar-refractivity contribution is 0.241. The third kappa shape index (κ3) is 3.82. The highest BCUT2D eigenvalue weighted by Crippen LogP contribution is 2.30. The molecule has 0 atom stereocenters. The summed E-state index contributed by atoms with van der Waals surface area (Å²) in [6.45, 7) is 5.51. The maximum atomic E-state index is 6.43. The van der Waals surface area contributed by atoms with E-state index in [1.807, 2.05) is 0 Å². The Morgan fingerprint density at radius 1 is 1.17 bits per heavy atom. The van der Waals surface area contributed by atoms with Crippen LogP contribution in [0, 0.1) is 0 Å². The van der Waals surface area contributed by atoms with Crippen molar-refractivity contribution in [2.24, 2.45) is 5.73 Å². The maximum Gasteiger partial charge on any atom is 0.0233 e. The van der Waals surface area contributed by atoms with Crippen molar-refractivity contribution in [2.75, 3.05) is 13.1 Å². The van der Waals surface area contributed by atoms with Crippen LogP contribution in [0.1, 0.15) is 44.6 Å². The highest BCUT2D eigenvalue weighted by Gasteiger charge is 2.29. The largest absolute Gasteiger partial charge is 0.325 e. The van der Waals surface area contributed by atoms with Gasteiger partial charge >= 0.3 is 0 Å². The first-order valence-electron chi connectivity index (χ1n) is 7.27.